The van der Waals surface area contributed by atoms with Crippen molar-refractivity contribution < 1.29 is 14.5 Å². The van der Waals surface area contributed by atoms with Gasteiger partial charge in [-0.1, -0.05) is 6.92 Å². The summed E-state index contributed by atoms with van der Waals surface area (Å²) in [5.74, 6) is 0.139. The number of carbonyl (C=O) groups excluding carboxylic acids is 1. The quantitative estimate of drug-likeness (QED) is 0.513. The number of methoxy groups -OCH3 is 1. The minimum absolute atomic E-state index is 0.0211. The van der Waals surface area contributed by atoms with Crippen molar-refractivity contribution in [1.29, 1.82) is 0 Å². The highest BCUT2D eigenvalue weighted by atomic mass is 16.6. The number of esters is 1. The van der Waals surface area contributed by atoms with E-state index in [0.29, 0.717) is 17.2 Å². The number of nitrogens with one attached hydrogen (secondary N) is 1. The Morgan fingerprint density at radius 1 is 1.47 bits per heavy atom. The van der Waals surface area contributed by atoms with Crippen molar-refractivity contribution in [2.45, 2.75) is 25.8 Å². The maximum atomic E-state index is 11.4. The summed E-state index contributed by atoms with van der Waals surface area (Å²) in [7, 11) is 1.28. The summed E-state index contributed by atoms with van der Waals surface area (Å²) in [4.78, 5) is 22.0. The second-order valence-electron chi connectivity index (χ2n) is 4.90. The van der Waals surface area contributed by atoms with Gasteiger partial charge in [-0.15, -0.1) is 0 Å². The van der Waals surface area contributed by atoms with E-state index in [1.165, 1.54) is 25.3 Å². The molecule has 0 spiro atoms. The van der Waals surface area contributed by atoms with E-state index in [4.69, 9.17) is 0 Å². The van der Waals surface area contributed by atoms with Crippen molar-refractivity contribution in [3.8, 4) is 0 Å². The molecule has 0 atom stereocenters. The highest BCUT2D eigenvalue weighted by molar-refractivity contribution is 5.91. The molecule has 1 aliphatic carbocycles. The Labute approximate surface area is 110 Å². The third-order valence-electron chi connectivity index (χ3n) is 3.35. The minimum Gasteiger partial charge on any atom is -0.465 e. The second-order valence-corrected chi connectivity index (χ2v) is 4.90. The molecular formula is C13H16N2O4. The summed E-state index contributed by atoms with van der Waals surface area (Å²) < 4.78 is 4.62. The molecule has 0 bridgehead atoms. The van der Waals surface area contributed by atoms with E-state index in [1.807, 2.05) is 0 Å². The van der Waals surface area contributed by atoms with E-state index in [0.717, 1.165) is 12.8 Å². The van der Waals surface area contributed by atoms with Crippen LogP contribution in [0.4, 0.5) is 11.4 Å². The number of benzene rings is 1. The van der Waals surface area contributed by atoms with Crippen LogP contribution in [0.1, 0.15) is 30.1 Å². The van der Waals surface area contributed by atoms with Crippen LogP contribution < -0.4 is 5.32 Å². The molecular weight excluding hydrogens is 248 g/mol. The Kier molecular flexibility index (Phi) is 3.69. The molecule has 102 valence electrons. The molecule has 1 saturated carbocycles. The smallest absolute Gasteiger partial charge is 0.337 e. The van der Waals surface area contributed by atoms with Gasteiger partial charge in [0.15, 0.2) is 0 Å². The number of carbonyl (C=O) groups is 1. The van der Waals surface area contributed by atoms with E-state index in [9.17, 15) is 14.9 Å². The second kappa shape index (κ2) is 5.26. The van der Waals surface area contributed by atoms with Gasteiger partial charge in [0, 0.05) is 12.1 Å². The van der Waals surface area contributed by atoms with Crippen LogP contribution in [-0.4, -0.2) is 24.0 Å². The standard InChI is InChI=1S/C13H16N2O4/c1-8-5-10(6-8)14-11-7-9(13(16)19-2)3-4-12(11)15(17)18/h3-4,7-8,10,14H,5-6H2,1-2H3. The van der Waals surface area contributed by atoms with Crippen molar-refractivity contribution in [2.24, 2.45) is 5.92 Å². The number of anilines is 1. The SMILES string of the molecule is COC(=O)c1ccc([N+](=O)[O-])c(NC2CC(C)C2)c1. The van der Waals surface area contributed by atoms with Gasteiger partial charge in [-0.3, -0.25) is 10.1 Å². The molecule has 1 N–H and O–H groups in total. The van der Waals surface area contributed by atoms with Gasteiger partial charge in [0.05, 0.1) is 17.6 Å². The Morgan fingerprint density at radius 2 is 2.16 bits per heavy atom. The average molecular weight is 264 g/mol. The monoisotopic (exact) mass is 264 g/mol. The van der Waals surface area contributed by atoms with Gasteiger partial charge in [0.2, 0.25) is 0 Å². The zero-order chi connectivity index (χ0) is 14.0. The summed E-state index contributed by atoms with van der Waals surface area (Å²) >= 11 is 0. The highest BCUT2D eigenvalue weighted by Crippen LogP contribution is 2.33. The summed E-state index contributed by atoms with van der Waals surface area (Å²) in [6, 6.07) is 4.45. The van der Waals surface area contributed by atoms with E-state index in [1.54, 1.807) is 0 Å². The van der Waals surface area contributed by atoms with Crippen LogP contribution in [0, 0.1) is 16.0 Å². The summed E-state index contributed by atoms with van der Waals surface area (Å²) in [6.07, 6.45) is 1.97. The van der Waals surface area contributed by atoms with Gasteiger partial charge >= 0.3 is 5.97 Å². The Hall–Kier alpha value is -2.11. The molecule has 0 radical (unpaired) electrons. The van der Waals surface area contributed by atoms with Crippen LogP contribution in [0.2, 0.25) is 0 Å². The topological polar surface area (TPSA) is 81.5 Å². The van der Waals surface area contributed by atoms with E-state index in [2.05, 4.69) is 17.0 Å². The fourth-order valence-electron chi connectivity index (χ4n) is 2.30. The molecule has 0 heterocycles. The van der Waals surface area contributed by atoms with Crippen molar-refractivity contribution in [2.75, 3.05) is 12.4 Å². The predicted octanol–water partition coefficient (Wildman–Crippen LogP) is 2.59. The van der Waals surface area contributed by atoms with Crippen molar-refractivity contribution in [3.05, 3.63) is 33.9 Å². The van der Waals surface area contributed by atoms with Crippen LogP contribution in [-0.2, 0) is 4.74 Å². The van der Waals surface area contributed by atoms with Crippen LogP contribution in [0.5, 0.6) is 0 Å². The normalized spacial score (nSPS) is 21.4. The number of ether oxygens (including phenoxy) is 1. The Bertz CT molecular complexity index is 509. The third kappa shape index (κ3) is 2.83. The molecule has 2 rings (SSSR count). The molecule has 0 aliphatic heterocycles. The largest absolute Gasteiger partial charge is 0.465 e. The molecule has 6 nitrogen and oxygen atoms in total. The number of nitro benzene ring substituents is 1. The van der Waals surface area contributed by atoms with Gasteiger partial charge in [-0.25, -0.2) is 4.79 Å². The van der Waals surface area contributed by atoms with Crippen LogP contribution >= 0.6 is 0 Å². The number of hydrogen-bond acceptors (Lipinski definition) is 5. The molecule has 1 aliphatic rings. The first-order chi connectivity index (χ1) is 9.01. The van der Waals surface area contributed by atoms with Gasteiger partial charge in [0.1, 0.15) is 5.69 Å². The third-order valence-corrected chi connectivity index (χ3v) is 3.35. The number of nitro groups is 1. The van der Waals surface area contributed by atoms with Gasteiger partial charge in [-0.05, 0) is 30.9 Å². The van der Waals surface area contributed by atoms with Gasteiger partial charge in [-0.2, -0.15) is 0 Å². The first kappa shape index (κ1) is 13.3. The Morgan fingerprint density at radius 3 is 2.68 bits per heavy atom. The number of rotatable bonds is 4. The van der Waals surface area contributed by atoms with Crippen molar-refractivity contribution >= 4 is 17.3 Å². The van der Waals surface area contributed by atoms with E-state index in [-0.39, 0.29) is 11.7 Å². The lowest BCUT2D eigenvalue weighted by atomic mass is 9.82. The highest BCUT2D eigenvalue weighted by Gasteiger charge is 2.27. The first-order valence-electron chi connectivity index (χ1n) is 6.14. The summed E-state index contributed by atoms with van der Waals surface area (Å²) in [6.45, 7) is 2.14. The molecule has 1 fully saturated rings. The molecule has 19 heavy (non-hydrogen) atoms. The molecule has 0 saturated heterocycles. The predicted molar refractivity (Wildman–Crippen MR) is 70.2 cm³/mol. The molecule has 0 aromatic heterocycles. The lowest BCUT2D eigenvalue weighted by molar-refractivity contribution is -0.384. The van der Waals surface area contributed by atoms with Crippen LogP contribution in [0.25, 0.3) is 0 Å². The zero-order valence-electron chi connectivity index (χ0n) is 10.9. The molecule has 1 aromatic rings. The fraction of sp³-hybridized carbons (Fsp3) is 0.462. The maximum absolute atomic E-state index is 11.4. The molecule has 6 heteroatoms. The van der Waals surface area contributed by atoms with E-state index >= 15 is 0 Å². The van der Waals surface area contributed by atoms with Gasteiger partial charge < -0.3 is 10.1 Å². The van der Waals surface area contributed by atoms with Crippen LogP contribution in [0.3, 0.4) is 0 Å². The molecule has 0 unspecified atom stereocenters. The summed E-state index contributed by atoms with van der Waals surface area (Å²) in [5.41, 5.74) is 0.667. The van der Waals surface area contributed by atoms with Gasteiger partial charge in [0.25, 0.3) is 5.69 Å². The lowest BCUT2D eigenvalue weighted by Gasteiger charge is -2.33. The first-order valence-corrected chi connectivity index (χ1v) is 6.14. The Balaban J connectivity index is 2.25. The lowest BCUT2D eigenvalue weighted by Crippen LogP contribution is -2.34. The molecule has 1 aromatic carbocycles. The zero-order valence-corrected chi connectivity index (χ0v) is 10.9. The fourth-order valence-corrected chi connectivity index (χ4v) is 2.30. The number of hydrogen-bond donors (Lipinski definition) is 1. The molecule has 0 amide bonds. The average Bonchev–Trinajstić information content (AvgIpc) is 2.35. The maximum Gasteiger partial charge on any atom is 0.337 e. The van der Waals surface area contributed by atoms with Crippen molar-refractivity contribution in [3.63, 3.8) is 0 Å². The van der Waals surface area contributed by atoms with Crippen molar-refractivity contribution in [1.82, 2.24) is 0 Å². The van der Waals surface area contributed by atoms with Crippen LogP contribution in [0.15, 0.2) is 18.2 Å². The summed E-state index contributed by atoms with van der Waals surface area (Å²) in [5, 5.41) is 14.1. The number of nitrogens with zero attached hydrogens (tertiary/aromatic N) is 1. The minimum atomic E-state index is -0.500. The van der Waals surface area contributed by atoms with E-state index < -0.39 is 10.9 Å².